The van der Waals surface area contributed by atoms with E-state index in [1.807, 2.05) is 0 Å². The predicted molar refractivity (Wildman–Crippen MR) is 57.3 cm³/mol. The lowest BCUT2D eigenvalue weighted by atomic mass is 9.87. The molecule has 1 unspecified atom stereocenters. The van der Waals surface area contributed by atoms with Crippen molar-refractivity contribution in [2.75, 3.05) is 13.1 Å². The van der Waals surface area contributed by atoms with Gasteiger partial charge in [0.2, 0.25) is 5.91 Å². The fourth-order valence-electron chi connectivity index (χ4n) is 0.997. The number of hydrogen-bond donors (Lipinski definition) is 3. The number of carbonyl (C=O) groups excluding carboxylic acids is 1. The summed E-state index contributed by atoms with van der Waals surface area (Å²) in [5.74, 6) is -1.02. The van der Waals surface area contributed by atoms with Crippen molar-refractivity contribution in [2.45, 2.75) is 33.1 Å². The van der Waals surface area contributed by atoms with Crippen molar-refractivity contribution in [1.29, 1.82) is 0 Å². The maximum absolute atomic E-state index is 11.2. The fourth-order valence-corrected chi connectivity index (χ4v) is 0.997. The van der Waals surface area contributed by atoms with E-state index in [4.69, 9.17) is 10.8 Å². The van der Waals surface area contributed by atoms with Crippen molar-refractivity contribution in [2.24, 2.45) is 11.1 Å². The Hall–Kier alpha value is -1.10. The van der Waals surface area contributed by atoms with Crippen LogP contribution in [-0.2, 0) is 9.59 Å². The van der Waals surface area contributed by atoms with Crippen LogP contribution in [0, 0.1) is 5.41 Å². The third-order valence-corrected chi connectivity index (χ3v) is 2.58. The van der Waals surface area contributed by atoms with Gasteiger partial charge in [-0.05, 0) is 26.3 Å². The fraction of sp³-hybridized carbons (Fsp3) is 0.800. The van der Waals surface area contributed by atoms with Gasteiger partial charge in [0.05, 0.1) is 5.41 Å². The molecule has 0 fully saturated rings. The molecule has 15 heavy (non-hydrogen) atoms. The van der Waals surface area contributed by atoms with Crippen molar-refractivity contribution in [3.8, 4) is 0 Å². The van der Waals surface area contributed by atoms with E-state index < -0.39 is 11.4 Å². The van der Waals surface area contributed by atoms with Crippen LogP contribution >= 0.6 is 0 Å². The SMILES string of the molecule is CCC(C)(CNC(=O)CCCN)C(=O)O. The minimum absolute atomic E-state index is 0.138. The van der Waals surface area contributed by atoms with E-state index >= 15 is 0 Å². The van der Waals surface area contributed by atoms with Crippen molar-refractivity contribution in [3.63, 3.8) is 0 Å². The van der Waals surface area contributed by atoms with Crippen molar-refractivity contribution >= 4 is 11.9 Å². The predicted octanol–water partition coefficient (Wildman–Crippen LogP) is 0.342. The second-order valence-corrected chi connectivity index (χ2v) is 3.89. The lowest BCUT2D eigenvalue weighted by Crippen LogP contribution is -2.40. The normalized spacial score (nSPS) is 14.3. The molecule has 0 bridgehead atoms. The topological polar surface area (TPSA) is 92.4 Å². The summed E-state index contributed by atoms with van der Waals surface area (Å²) in [4.78, 5) is 22.1. The van der Waals surface area contributed by atoms with Crippen LogP contribution in [0.4, 0.5) is 0 Å². The lowest BCUT2D eigenvalue weighted by Gasteiger charge is -2.23. The monoisotopic (exact) mass is 216 g/mol. The summed E-state index contributed by atoms with van der Waals surface area (Å²) < 4.78 is 0. The van der Waals surface area contributed by atoms with Crippen molar-refractivity contribution < 1.29 is 14.7 Å². The van der Waals surface area contributed by atoms with Crippen molar-refractivity contribution in [1.82, 2.24) is 5.32 Å². The molecule has 4 N–H and O–H groups in total. The second kappa shape index (κ2) is 6.40. The molecule has 0 aromatic heterocycles. The molecule has 0 aromatic rings. The molecule has 0 aliphatic rings. The van der Waals surface area contributed by atoms with Gasteiger partial charge >= 0.3 is 5.97 Å². The van der Waals surface area contributed by atoms with Gasteiger partial charge in [0.15, 0.2) is 0 Å². The van der Waals surface area contributed by atoms with E-state index in [0.717, 1.165) is 0 Å². The number of aliphatic carboxylic acids is 1. The summed E-state index contributed by atoms with van der Waals surface area (Å²) in [5.41, 5.74) is 4.38. The van der Waals surface area contributed by atoms with Crippen LogP contribution < -0.4 is 11.1 Å². The molecule has 0 aliphatic carbocycles. The first-order valence-corrected chi connectivity index (χ1v) is 5.16. The molecule has 1 amide bonds. The van der Waals surface area contributed by atoms with Crippen molar-refractivity contribution in [3.05, 3.63) is 0 Å². The smallest absolute Gasteiger partial charge is 0.311 e. The number of nitrogens with one attached hydrogen (secondary N) is 1. The van der Waals surface area contributed by atoms with Gasteiger partial charge in [0, 0.05) is 13.0 Å². The highest BCUT2D eigenvalue weighted by atomic mass is 16.4. The highest BCUT2D eigenvalue weighted by molar-refractivity contribution is 5.78. The van der Waals surface area contributed by atoms with Gasteiger partial charge < -0.3 is 16.2 Å². The quantitative estimate of drug-likeness (QED) is 0.572. The van der Waals surface area contributed by atoms with Gasteiger partial charge in [-0.25, -0.2) is 0 Å². The summed E-state index contributed by atoms with van der Waals surface area (Å²) >= 11 is 0. The summed E-state index contributed by atoms with van der Waals surface area (Å²) in [6.07, 6.45) is 1.47. The largest absolute Gasteiger partial charge is 0.481 e. The Morgan fingerprint density at radius 3 is 2.47 bits per heavy atom. The van der Waals surface area contributed by atoms with Gasteiger partial charge in [-0.15, -0.1) is 0 Å². The average molecular weight is 216 g/mol. The molecule has 0 spiro atoms. The first-order chi connectivity index (χ1) is 6.96. The number of nitrogens with two attached hydrogens (primary N) is 1. The number of carbonyl (C=O) groups is 2. The number of amides is 1. The Bertz CT molecular complexity index is 231. The van der Waals surface area contributed by atoms with Crippen LogP contribution in [0.15, 0.2) is 0 Å². The van der Waals surface area contributed by atoms with Gasteiger partial charge in [-0.1, -0.05) is 6.92 Å². The molecule has 0 radical (unpaired) electrons. The van der Waals surface area contributed by atoms with Crippen LogP contribution in [-0.4, -0.2) is 30.1 Å². The minimum atomic E-state index is -0.885. The maximum atomic E-state index is 11.2. The zero-order chi connectivity index (χ0) is 11.9. The van der Waals surface area contributed by atoms with Gasteiger partial charge in [0.1, 0.15) is 0 Å². The Kier molecular flexibility index (Phi) is 5.93. The number of hydrogen-bond acceptors (Lipinski definition) is 3. The molecule has 1 atom stereocenters. The minimum Gasteiger partial charge on any atom is -0.481 e. The Morgan fingerprint density at radius 1 is 1.47 bits per heavy atom. The highest BCUT2D eigenvalue weighted by Gasteiger charge is 2.31. The van der Waals surface area contributed by atoms with E-state index in [1.54, 1.807) is 13.8 Å². The molecule has 5 nitrogen and oxygen atoms in total. The molecule has 0 saturated heterocycles. The zero-order valence-corrected chi connectivity index (χ0v) is 9.38. The van der Waals surface area contributed by atoms with Crippen LogP contribution in [0.25, 0.3) is 0 Å². The van der Waals surface area contributed by atoms with Gasteiger partial charge in [-0.2, -0.15) is 0 Å². The molecule has 0 aliphatic heterocycles. The van der Waals surface area contributed by atoms with E-state index in [1.165, 1.54) is 0 Å². The molecule has 0 saturated carbocycles. The zero-order valence-electron chi connectivity index (χ0n) is 9.38. The van der Waals surface area contributed by atoms with Gasteiger partial charge in [0.25, 0.3) is 0 Å². The van der Waals surface area contributed by atoms with Gasteiger partial charge in [-0.3, -0.25) is 9.59 Å². The first-order valence-electron chi connectivity index (χ1n) is 5.16. The lowest BCUT2D eigenvalue weighted by molar-refractivity contribution is -0.148. The molecule has 0 heterocycles. The standard InChI is InChI=1S/C10H20N2O3/c1-3-10(2,9(14)15)7-12-8(13)5-4-6-11/h3-7,11H2,1-2H3,(H,12,13)(H,14,15). The van der Waals surface area contributed by atoms with E-state index in [9.17, 15) is 9.59 Å². The summed E-state index contributed by atoms with van der Waals surface area (Å²) in [5, 5.41) is 11.6. The molecular formula is C10H20N2O3. The molecule has 5 heteroatoms. The Balaban J connectivity index is 4.01. The second-order valence-electron chi connectivity index (χ2n) is 3.89. The van der Waals surface area contributed by atoms with Crippen LogP contribution in [0.5, 0.6) is 0 Å². The number of rotatable bonds is 7. The van der Waals surface area contributed by atoms with Crippen LogP contribution in [0.1, 0.15) is 33.1 Å². The highest BCUT2D eigenvalue weighted by Crippen LogP contribution is 2.19. The molecule has 0 aromatic carbocycles. The molecule has 0 rings (SSSR count). The molecular weight excluding hydrogens is 196 g/mol. The third-order valence-electron chi connectivity index (χ3n) is 2.58. The Labute approximate surface area is 90.0 Å². The van der Waals surface area contributed by atoms with Crippen LogP contribution in [0.3, 0.4) is 0 Å². The van der Waals surface area contributed by atoms with E-state index in [-0.39, 0.29) is 12.5 Å². The van der Waals surface area contributed by atoms with E-state index in [0.29, 0.717) is 25.8 Å². The number of carboxylic acids is 1. The summed E-state index contributed by atoms with van der Waals surface area (Å²) in [7, 11) is 0. The Morgan fingerprint density at radius 2 is 2.07 bits per heavy atom. The summed E-state index contributed by atoms with van der Waals surface area (Å²) in [6.45, 7) is 4.05. The first kappa shape index (κ1) is 13.9. The number of carboxylic acid groups (broad SMARTS) is 1. The molecule has 88 valence electrons. The third kappa shape index (κ3) is 4.78. The average Bonchev–Trinajstić information content (AvgIpc) is 2.22. The van der Waals surface area contributed by atoms with E-state index in [2.05, 4.69) is 5.32 Å². The maximum Gasteiger partial charge on any atom is 0.311 e. The summed E-state index contributed by atoms with van der Waals surface area (Å²) in [6, 6.07) is 0. The van der Waals surface area contributed by atoms with Crippen LogP contribution in [0.2, 0.25) is 0 Å².